The molecule has 0 radical (unpaired) electrons. The monoisotopic (exact) mass is 252 g/mol. The number of nitrogen functional groups attached to an aromatic ring is 1. The van der Waals surface area contributed by atoms with Gasteiger partial charge in [-0.15, -0.1) is 5.01 Å². The first kappa shape index (κ1) is 11.7. The molecule has 90 valence electrons. The highest BCUT2D eigenvalue weighted by molar-refractivity contribution is 5.70. The lowest BCUT2D eigenvalue weighted by Crippen LogP contribution is -3.00. The number of nitrogens with two attached hydrogens (primary N) is 1. The van der Waals surface area contributed by atoms with Crippen molar-refractivity contribution < 1.29 is 21.7 Å². The lowest BCUT2D eigenvalue weighted by Gasteiger charge is -2.23. The second-order valence-corrected chi connectivity index (χ2v) is 4.01. The number of halogens is 1. The average Bonchev–Trinajstić information content (AvgIpc) is 2.69. The molecule has 1 aliphatic rings. The summed E-state index contributed by atoms with van der Waals surface area (Å²) in [6.45, 7) is 2.12. The number of aromatic nitrogens is 2. The molecule has 0 fully saturated rings. The topological polar surface area (TPSA) is 59.2 Å². The van der Waals surface area contributed by atoms with Crippen LogP contribution in [-0.2, 0) is 0 Å². The Labute approximate surface area is 105 Å². The van der Waals surface area contributed by atoms with Gasteiger partial charge < -0.3 is 18.1 Å². The van der Waals surface area contributed by atoms with Crippen molar-refractivity contribution in [3.05, 3.63) is 29.8 Å². The zero-order valence-electron chi connectivity index (χ0n) is 9.59. The summed E-state index contributed by atoms with van der Waals surface area (Å²) in [6.07, 6.45) is 0. The van der Waals surface area contributed by atoms with E-state index in [9.17, 15) is 0 Å². The van der Waals surface area contributed by atoms with E-state index in [-0.39, 0.29) is 18.4 Å². The van der Waals surface area contributed by atoms with Crippen molar-refractivity contribution in [1.82, 2.24) is 5.27 Å². The van der Waals surface area contributed by atoms with Crippen LogP contribution in [0.4, 0.5) is 5.88 Å². The maximum Gasteiger partial charge on any atom is 0.338 e. The molecular formula is C11H13ClN4O. The Morgan fingerprint density at radius 2 is 2.12 bits per heavy atom. The molecule has 0 bridgehead atoms. The molecule has 1 aromatic carbocycles. The minimum atomic E-state index is 0. The quantitative estimate of drug-likeness (QED) is 0.544. The number of nitrogens with zero attached hydrogens (tertiary/aromatic N) is 3. The van der Waals surface area contributed by atoms with Crippen molar-refractivity contribution >= 4 is 5.88 Å². The van der Waals surface area contributed by atoms with Crippen LogP contribution in [0.25, 0.3) is 11.3 Å². The van der Waals surface area contributed by atoms with Crippen LogP contribution in [0.3, 0.4) is 0 Å². The lowest BCUT2D eigenvalue weighted by atomic mass is 9.97. The Kier molecular flexibility index (Phi) is 2.71. The molecule has 1 aliphatic heterocycles. The molecule has 0 spiro atoms. The van der Waals surface area contributed by atoms with Gasteiger partial charge in [-0.1, -0.05) is 18.2 Å². The molecule has 1 aromatic heterocycles. The third kappa shape index (κ3) is 1.46. The van der Waals surface area contributed by atoms with Crippen molar-refractivity contribution in [2.24, 2.45) is 0 Å². The molecule has 2 aromatic rings. The van der Waals surface area contributed by atoms with Crippen LogP contribution in [0, 0.1) is 0 Å². The first-order valence-electron chi connectivity index (χ1n) is 5.20. The molecule has 0 saturated carbocycles. The van der Waals surface area contributed by atoms with Gasteiger partial charge in [-0.25, -0.2) is 0 Å². The second kappa shape index (κ2) is 3.92. The highest BCUT2D eigenvalue weighted by Crippen LogP contribution is 2.34. The Morgan fingerprint density at radius 1 is 1.41 bits per heavy atom. The van der Waals surface area contributed by atoms with Gasteiger partial charge in [0, 0.05) is 0 Å². The van der Waals surface area contributed by atoms with E-state index in [1.165, 1.54) is 5.56 Å². The maximum absolute atomic E-state index is 5.81. The molecule has 1 unspecified atom stereocenters. The Bertz CT molecular complexity index is 554. The van der Waals surface area contributed by atoms with Gasteiger partial charge in [-0.3, -0.25) is 4.52 Å². The van der Waals surface area contributed by atoms with Gasteiger partial charge in [0.1, 0.15) is 6.04 Å². The number of hydrogen-bond donors (Lipinski definition) is 1. The molecule has 17 heavy (non-hydrogen) atoms. The van der Waals surface area contributed by atoms with Crippen molar-refractivity contribution in [3.63, 3.8) is 0 Å². The van der Waals surface area contributed by atoms with Crippen molar-refractivity contribution in [2.45, 2.75) is 13.0 Å². The van der Waals surface area contributed by atoms with E-state index in [1.54, 1.807) is 4.79 Å². The van der Waals surface area contributed by atoms with Crippen LogP contribution in [0.15, 0.2) is 28.8 Å². The van der Waals surface area contributed by atoms with E-state index in [2.05, 4.69) is 18.3 Å². The summed E-state index contributed by atoms with van der Waals surface area (Å²) in [4.78, 5) is 1.71. The predicted molar refractivity (Wildman–Crippen MR) is 59.1 cm³/mol. The summed E-state index contributed by atoms with van der Waals surface area (Å²) >= 11 is 0. The Hall–Kier alpha value is -1.75. The first-order chi connectivity index (χ1) is 7.70. The average molecular weight is 253 g/mol. The van der Waals surface area contributed by atoms with E-state index in [1.807, 2.05) is 30.3 Å². The number of anilines is 1. The van der Waals surface area contributed by atoms with Gasteiger partial charge in [0.05, 0.1) is 17.4 Å². The van der Waals surface area contributed by atoms with E-state index in [0.717, 1.165) is 11.3 Å². The Balaban J connectivity index is 0.00000108. The first-order valence-corrected chi connectivity index (χ1v) is 5.20. The van der Waals surface area contributed by atoms with Gasteiger partial charge in [0.15, 0.2) is 0 Å². The zero-order valence-corrected chi connectivity index (χ0v) is 10.3. The van der Waals surface area contributed by atoms with E-state index in [4.69, 9.17) is 10.3 Å². The molecule has 5 nitrogen and oxygen atoms in total. The van der Waals surface area contributed by atoms with E-state index >= 15 is 0 Å². The second-order valence-electron chi connectivity index (χ2n) is 4.01. The SMILES string of the molecule is CC1c2ccccc2-c2c(N)on[n+]2N1C.[Cl-]. The summed E-state index contributed by atoms with van der Waals surface area (Å²) < 4.78 is 5.04. The summed E-state index contributed by atoms with van der Waals surface area (Å²) in [5, 5.41) is 5.93. The summed E-state index contributed by atoms with van der Waals surface area (Å²) in [7, 11) is 1.96. The molecule has 0 amide bonds. The molecular weight excluding hydrogens is 240 g/mol. The predicted octanol–water partition coefficient (Wildman–Crippen LogP) is -2.14. The smallest absolute Gasteiger partial charge is 0.338 e. The van der Waals surface area contributed by atoms with Gasteiger partial charge >= 0.3 is 11.6 Å². The van der Waals surface area contributed by atoms with Crippen LogP contribution in [0.5, 0.6) is 0 Å². The number of rotatable bonds is 0. The van der Waals surface area contributed by atoms with Crippen molar-refractivity contribution in [2.75, 3.05) is 17.8 Å². The zero-order chi connectivity index (χ0) is 11.3. The molecule has 3 rings (SSSR count). The van der Waals surface area contributed by atoms with E-state index in [0.29, 0.717) is 5.88 Å². The molecule has 1 atom stereocenters. The highest BCUT2D eigenvalue weighted by atomic mass is 35.5. The minimum Gasteiger partial charge on any atom is -1.00 e. The Morgan fingerprint density at radius 3 is 2.88 bits per heavy atom. The normalized spacial score (nSPS) is 17.1. The maximum atomic E-state index is 5.81. The fraction of sp³-hybridized carbons (Fsp3) is 0.273. The van der Waals surface area contributed by atoms with E-state index < -0.39 is 0 Å². The van der Waals surface area contributed by atoms with Gasteiger partial charge in [-0.05, 0) is 18.6 Å². The largest absolute Gasteiger partial charge is 1.00 e. The third-order valence-corrected chi connectivity index (χ3v) is 3.18. The highest BCUT2D eigenvalue weighted by Gasteiger charge is 2.39. The van der Waals surface area contributed by atoms with Gasteiger partial charge in [0.25, 0.3) is 0 Å². The third-order valence-electron chi connectivity index (χ3n) is 3.18. The number of benzene rings is 1. The van der Waals surface area contributed by atoms with Crippen molar-refractivity contribution in [3.8, 4) is 11.3 Å². The molecule has 2 heterocycles. The summed E-state index contributed by atoms with van der Waals surface area (Å²) in [6, 6.07) is 8.42. The molecule has 6 heteroatoms. The van der Waals surface area contributed by atoms with Crippen LogP contribution in [0.2, 0.25) is 0 Å². The molecule has 2 N–H and O–H groups in total. The summed E-state index contributed by atoms with van der Waals surface area (Å²) in [5.41, 5.74) is 8.96. The lowest BCUT2D eigenvalue weighted by molar-refractivity contribution is -0.752. The van der Waals surface area contributed by atoms with Crippen LogP contribution in [-0.4, -0.2) is 12.3 Å². The standard InChI is InChI=1S/C11H13N4O.ClH/c1-7-8-5-3-4-6-9(8)10-11(12)16-13-15(10)14(7)2;/h3-7H,12H2,1-2H3;1H/q+1;/p-1. The van der Waals surface area contributed by atoms with Gasteiger partial charge in [0.2, 0.25) is 5.27 Å². The fourth-order valence-electron chi connectivity index (χ4n) is 2.16. The van der Waals surface area contributed by atoms with Crippen LogP contribution in [0.1, 0.15) is 18.5 Å². The van der Waals surface area contributed by atoms with Gasteiger partial charge in [-0.2, -0.15) is 0 Å². The molecule has 0 saturated heterocycles. The van der Waals surface area contributed by atoms with Crippen LogP contribution >= 0.6 is 0 Å². The number of fused-ring (bicyclic) bond motifs is 3. The molecule has 0 aliphatic carbocycles. The van der Waals surface area contributed by atoms with Crippen molar-refractivity contribution in [1.29, 1.82) is 0 Å². The minimum absolute atomic E-state index is 0. The fourth-order valence-corrected chi connectivity index (χ4v) is 2.16. The number of hydrogen-bond acceptors (Lipinski definition) is 4. The summed E-state index contributed by atoms with van der Waals surface area (Å²) in [5.74, 6) is 0.353. The van der Waals surface area contributed by atoms with Crippen LogP contribution < -0.4 is 27.9 Å².